The van der Waals surface area contributed by atoms with Crippen LogP contribution in [0.3, 0.4) is 0 Å². The van der Waals surface area contributed by atoms with Crippen LogP contribution in [0.4, 0.5) is 0 Å². The number of hydrogen-bond donors (Lipinski definition) is 0. The molecular weight excluding hydrogens is 721 g/mol. The Balaban J connectivity index is 4.48. The Labute approximate surface area is 358 Å². The average Bonchev–Trinajstić information content (AvgIpc) is 3.22. The molecular formula is C52H92O6. The Bertz CT molecular complexity index is 1030. The molecule has 0 saturated carbocycles. The van der Waals surface area contributed by atoms with Gasteiger partial charge in [-0.25, -0.2) is 0 Å². The summed E-state index contributed by atoms with van der Waals surface area (Å²) in [4.78, 5) is 37.8. The topological polar surface area (TPSA) is 78.9 Å². The largest absolute Gasteiger partial charge is 0.462 e. The lowest BCUT2D eigenvalue weighted by molar-refractivity contribution is -0.166. The molecule has 0 aromatic heterocycles. The lowest BCUT2D eigenvalue weighted by Crippen LogP contribution is -2.30. The third-order valence-corrected chi connectivity index (χ3v) is 10.5. The second kappa shape index (κ2) is 47.1. The van der Waals surface area contributed by atoms with E-state index in [1.165, 1.54) is 122 Å². The highest BCUT2D eigenvalue weighted by atomic mass is 16.6. The maximum atomic E-state index is 12.7. The maximum absolute atomic E-state index is 12.7. The minimum absolute atomic E-state index is 0.108. The number of unbranched alkanes of at least 4 members (excludes halogenated alkanes) is 25. The van der Waals surface area contributed by atoms with Gasteiger partial charge in [0, 0.05) is 19.3 Å². The lowest BCUT2D eigenvalue weighted by atomic mass is 10.1. The van der Waals surface area contributed by atoms with Crippen molar-refractivity contribution in [3.63, 3.8) is 0 Å². The van der Waals surface area contributed by atoms with Crippen molar-refractivity contribution in [2.75, 3.05) is 13.2 Å². The summed E-state index contributed by atoms with van der Waals surface area (Å²) in [5.74, 6) is -1.00. The second-order valence-corrected chi connectivity index (χ2v) is 16.4. The van der Waals surface area contributed by atoms with E-state index in [1.807, 2.05) is 6.08 Å². The fourth-order valence-corrected chi connectivity index (χ4v) is 6.78. The molecule has 0 aliphatic rings. The Morgan fingerprint density at radius 1 is 0.345 bits per heavy atom. The van der Waals surface area contributed by atoms with E-state index in [9.17, 15) is 14.4 Å². The number of esters is 3. The van der Waals surface area contributed by atoms with Crippen LogP contribution in [-0.4, -0.2) is 37.2 Å². The van der Waals surface area contributed by atoms with Crippen LogP contribution in [0.5, 0.6) is 0 Å². The molecule has 6 heteroatoms. The summed E-state index contributed by atoms with van der Waals surface area (Å²) in [5.41, 5.74) is 0. The Kier molecular flexibility index (Phi) is 44.9. The van der Waals surface area contributed by atoms with E-state index in [0.29, 0.717) is 19.3 Å². The lowest BCUT2D eigenvalue weighted by Gasteiger charge is -2.18. The minimum atomic E-state index is -0.812. The fourth-order valence-electron chi connectivity index (χ4n) is 6.78. The predicted molar refractivity (Wildman–Crippen MR) is 247 cm³/mol. The van der Waals surface area contributed by atoms with Gasteiger partial charge in [0.1, 0.15) is 13.2 Å². The highest BCUT2D eigenvalue weighted by Crippen LogP contribution is 2.13. The van der Waals surface area contributed by atoms with Gasteiger partial charge in [0.05, 0.1) is 0 Å². The molecule has 336 valence electrons. The van der Waals surface area contributed by atoms with Crippen molar-refractivity contribution in [1.29, 1.82) is 0 Å². The monoisotopic (exact) mass is 813 g/mol. The molecule has 0 aliphatic carbocycles. The predicted octanol–water partition coefficient (Wildman–Crippen LogP) is 15.9. The number of carbonyl (C=O) groups excluding carboxylic acids is 3. The van der Waals surface area contributed by atoms with Crippen LogP contribution in [0.25, 0.3) is 0 Å². The van der Waals surface area contributed by atoms with Gasteiger partial charge in [-0.15, -0.1) is 0 Å². The van der Waals surface area contributed by atoms with E-state index in [0.717, 1.165) is 77.0 Å². The van der Waals surface area contributed by atoms with Gasteiger partial charge in [-0.3, -0.25) is 14.4 Å². The zero-order valence-corrected chi connectivity index (χ0v) is 38.3. The molecule has 1 atom stereocenters. The van der Waals surface area contributed by atoms with Gasteiger partial charge in [-0.1, -0.05) is 185 Å². The molecule has 0 radical (unpaired) electrons. The molecule has 0 N–H and O–H groups in total. The summed E-state index contributed by atoms with van der Waals surface area (Å²) in [6.45, 7) is 6.54. The maximum Gasteiger partial charge on any atom is 0.306 e. The Morgan fingerprint density at radius 3 is 1.03 bits per heavy atom. The van der Waals surface area contributed by atoms with E-state index >= 15 is 0 Å². The van der Waals surface area contributed by atoms with Crippen molar-refractivity contribution < 1.29 is 28.6 Å². The number of rotatable bonds is 44. The quantitative estimate of drug-likeness (QED) is 0.0264. The van der Waals surface area contributed by atoms with E-state index in [2.05, 4.69) is 63.3 Å². The molecule has 0 aromatic carbocycles. The summed E-state index contributed by atoms with van der Waals surface area (Å²) in [6, 6.07) is 0. The van der Waals surface area contributed by atoms with Crippen LogP contribution in [0.1, 0.15) is 245 Å². The van der Waals surface area contributed by atoms with Crippen LogP contribution < -0.4 is 0 Å². The molecule has 58 heavy (non-hydrogen) atoms. The first kappa shape index (κ1) is 55.4. The van der Waals surface area contributed by atoms with Gasteiger partial charge >= 0.3 is 17.9 Å². The molecule has 6 nitrogen and oxygen atoms in total. The summed E-state index contributed by atoms with van der Waals surface area (Å²) in [7, 11) is 0. The molecule has 0 heterocycles. The molecule has 0 spiro atoms. The first-order valence-electron chi connectivity index (χ1n) is 24.6. The van der Waals surface area contributed by atoms with E-state index in [-0.39, 0.29) is 37.5 Å². The van der Waals surface area contributed by atoms with Crippen LogP contribution in [0.2, 0.25) is 0 Å². The Morgan fingerprint density at radius 2 is 0.655 bits per heavy atom. The van der Waals surface area contributed by atoms with Crippen molar-refractivity contribution in [3.8, 4) is 0 Å². The smallest absolute Gasteiger partial charge is 0.306 e. The number of carbonyl (C=O) groups is 3. The van der Waals surface area contributed by atoms with Crippen LogP contribution in [-0.2, 0) is 28.6 Å². The Hall–Kier alpha value is -2.63. The molecule has 1 unspecified atom stereocenters. The van der Waals surface area contributed by atoms with Crippen molar-refractivity contribution in [3.05, 3.63) is 48.6 Å². The molecule has 0 bridgehead atoms. The highest BCUT2D eigenvalue weighted by molar-refractivity contribution is 5.71. The molecule has 0 fully saturated rings. The zero-order chi connectivity index (χ0) is 42.3. The molecule has 0 aliphatic heterocycles. The zero-order valence-electron chi connectivity index (χ0n) is 38.3. The van der Waals surface area contributed by atoms with Gasteiger partial charge < -0.3 is 14.2 Å². The highest BCUT2D eigenvalue weighted by Gasteiger charge is 2.19. The van der Waals surface area contributed by atoms with Crippen LogP contribution in [0, 0.1) is 0 Å². The normalized spacial score (nSPS) is 12.4. The standard InChI is InChI=1S/C52H92O6/c1-4-7-10-13-16-19-22-25-28-30-33-36-39-42-45-51(54)57-48-49(58-52(55)46-43-40-37-34-31-27-24-21-18-15-12-9-6-3)47-56-50(53)44-41-38-35-32-29-26-23-20-17-14-11-8-5-2/h26-31,37,40,49H,4-25,32-36,38-39,41-48H2,1-3H3/b29-26-,30-28-,31-27-,40-37-. The molecule has 0 rings (SSSR count). The van der Waals surface area contributed by atoms with Gasteiger partial charge in [0.2, 0.25) is 0 Å². The average molecular weight is 813 g/mol. The summed E-state index contributed by atoms with van der Waals surface area (Å²) >= 11 is 0. The van der Waals surface area contributed by atoms with Crippen molar-refractivity contribution in [1.82, 2.24) is 0 Å². The third-order valence-electron chi connectivity index (χ3n) is 10.5. The third kappa shape index (κ3) is 44.5. The van der Waals surface area contributed by atoms with E-state index in [4.69, 9.17) is 14.2 Å². The minimum Gasteiger partial charge on any atom is -0.462 e. The van der Waals surface area contributed by atoms with Gasteiger partial charge in [0.25, 0.3) is 0 Å². The van der Waals surface area contributed by atoms with Gasteiger partial charge in [-0.05, 0) is 89.9 Å². The molecule has 0 amide bonds. The molecule has 0 saturated heterocycles. The molecule has 0 aromatic rings. The number of hydrogen-bond acceptors (Lipinski definition) is 6. The van der Waals surface area contributed by atoms with E-state index < -0.39 is 6.10 Å². The summed E-state index contributed by atoms with van der Waals surface area (Å²) in [6.07, 6.45) is 55.3. The van der Waals surface area contributed by atoms with Crippen molar-refractivity contribution in [2.45, 2.75) is 252 Å². The SMILES string of the molecule is CCCCCCCC/C=C\C/C=C\CCC(=O)OC(COC(=O)CCCCC/C=C\CCCCCCCC)COC(=O)CCCCC/C=C\CCCCCCCCC. The summed E-state index contributed by atoms with van der Waals surface area (Å²) in [5, 5.41) is 0. The first-order valence-corrected chi connectivity index (χ1v) is 24.6. The van der Waals surface area contributed by atoms with Crippen LogP contribution in [0.15, 0.2) is 48.6 Å². The summed E-state index contributed by atoms with van der Waals surface area (Å²) < 4.78 is 16.7. The van der Waals surface area contributed by atoms with Crippen LogP contribution >= 0.6 is 0 Å². The van der Waals surface area contributed by atoms with Crippen molar-refractivity contribution in [2.24, 2.45) is 0 Å². The first-order chi connectivity index (χ1) is 28.5. The second-order valence-electron chi connectivity index (χ2n) is 16.4. The van der Waals surface area contributed by atoms with Gasteiger partial charge in [0.15, 0.2) is 6.10 Å². The van der Waals surface area contributed by atoms with E-state index in [1.54, 1.807) is 0 Å². The van der Waals surface area contributed by atoms with Crippen molar-refractivity contribution >= 4 is 17.9 Å². The number of allylic oxidation sites excluding steroid dienone is 8. The van der Waals surface area contributed by atoms with Gasteiger partial charge in [-0.2, -0.15) is 0 Å². The fraction of sp³-hybridized carbons (Fsp3) is 0.788. The number of ether oxygens (including phenoxy) is 3.